The predicted molar refractivity (Wildman–Crippen MR) is 201 cm³/mol. The van der Waals surface area contributed by atoms with Gasteiger partial charge < -0.3 is 10.6 Å². The largest absolute Gasteiger partial charge is 0.346 e. The lowest BCUT2D eigenvalue weighted by Crippen LogP contribution is -2.36. The number of carbonyl (C=O) groups is 4. The van der Waals surface area contributed by atoms with Crippen molar-refractivity contribution in [3.8, 4) is 0 Å². The fourth-order valence-corrected chi connectivity index (χ4v) is 6.57. The first kappa shape index (κ1) is 34.7. The molecule has 5 aromatic carbocycles. The minimum absolute atomic E-state index is 0.149. The van der Waals surface area contributed by atoms with Gasteiger partial charge in [-0.25, -0.2) is 0 Å². The highest BCUT2D eigenvalue weighted by Crippen LogP contribution is 2.43. The Labute approximate surface area is 298 Å². The molecule has 0 unspecified atom stereocenters. The van der Waals surface area contributed by atoms with Gasteiger partial charge in [0, 0.05) is 22.3 Å². The second kappa shape index (κ2) is 16.5. The first-order valence-electron chi connectivity index (χ1n) is 17.2. The van der Waals surface area contributed by atoms with Gasteiger partial charge in [0.05, 0.1) is 12.1 Å². The van der Waals surface area contributed by atoms with Crippen LogP contribution in [-0.4, -0.2) is 35.5 Å². The Kier molecular flexibility index (Phi) is 11.2. The minimum Gasteiger partial charge on any atom is -0.346 e. The molecular formula is C45H40N2O4. The molecule has 0 spiro atoms. The van der Waals surface area contributed by atoms with E-state index in [1.165, 1.54) is 0 Å². The molecule has 254 valence electrons. The number of benzene rings is 5. The molecule has 0 fully saturated rings. The molecule has 6 heteroatoms. The predicted octanol–water partition coefficient (Wildman–Crippen LogP) is 8.03. The fraction of sp³-hybridized carbons (Fsp3) is 0.156. The molecule has 0 saturated carbocycles. The quantitative estimate of drug-likeness (QED) is 0.0923. The van der Waals surface area contributed by atoms with Crippen molar-refractivity contribution < 1.29 is 19.2 Å². The van der Waals surface area contributed by atoms with Gasteiger partial charge in [-0.15, -0.1) is 0 Å². The van der Waals surface area contributed by atoms with Crippen LogP contribution in [-0.2, 0) is 12.8 Å². The Hall–Kier alpha value is -6.14. The lowest BCUT2D eigenvalue weighted by molar-refractivity contribution is 0.0701. The average molecular weight is 673 g/mol. The number of carbonyl (C=O) groups excluding carboxylic acids is 4. The zero-order valence-corrected chi connectivity index (χ0v) is 28.3. The summed E-state index contributed by atoms with van der Waals surface area (Å²) in [6, 6.07) is 44.0. The van der Waals surface area contributed by atoms with Crippen LogP contribution in [0.15, 0.2) is 170 Å². The highest BCUT2D eigenvalue weighted by Gasteiger charge is 2.51. The van der Waals surface area contributed by atoms with Crippen LogP contribution in [0.4, 0.5) is 0 Å². The zero-order valence-electron chi connectivity index (χ0n) is 28.3. The van der Waals surface area contributed by atoms with Crippen LogP contribution in [0.25, 0.3) is 0 Å². The molecule has 2 N–H and O–H groups in total. The van der Waals surface area contributed by atoms with Crippen molar-refractivity contribution in [2.75, 3.05) is 0 Å². The summed E-state index contributed by atoms with van der Waals surface area (Å²) >= 11 is 0. The summed E-state index contributed by atoms with van der Waals surface area (Å²) in [5, 5.41) is 6.24. The monoisotopic (exact) mass is 672 g/mol. The van der Waals surface area contributed by atoms with Crippen molar-refractivity contribution in [2.24, 2.45) is 5.41 Å². The fourth-order valence-electron chi connectivity index (χ4n) is 6.57. The minimum atomic E-state index is -1.36. The van der Waals surface area contributed by atoms with Gasteiger partial charge in [-0.1, -0.05) is 146 Å². The van der Waals surface area contributed by atoms with E-state index in [1.807, 2.05) is 121 Å². The highest BCUT2D eigenvalue weighted by molar-refractivity contribution is 6.29. The Morgan fingerprint density at radius 2 is 0.824 bits per heavy atom. The van der Waals surface area contributed by atoms with E-state index in [4.69, 9.17) is 0 Å². The van der Waals surface area contributed by atoms with E-state index >= 15 is 0 Å². The number of amides is 2. The van der Waals surface area contributed by atoms with Gasteiger partial charge in [-0.2, -0.15) is 0 Å². The molecular weight excluding hydrogens is 633 g/mol. The van der Waals surface area contributed by atoms with Gasteiger partial charge in [-0.05, 0) is 61.1 Å². The molecule has 1 aliphatic rings. The number of rotatable bonds is 14. The third-order valence-electron chi connectivity index (χ3n) is 9.26. The van der Waals surface area contributed by atoms with Crippen molar-refractivity contribution in [3.63, 3.8) is 0 Å². The van der Waals surface area contributed by atoms with Gasteiger partial charge in [-0.3, -0.25) is 19.2 Å². The molecule has 0 aliphatic heterocycles. The molecule has 1 aliphatic carbocycles. The molecule has 0 saturated heterocycles. The van der Waals surface area contributed by atoms with Gasteiger partial charge >= 0.3 is 0 Å². The summed E-state index contributed by atoms with van der Waals surface area (Å²) in [7, 11) is 0. The van der Waals surface area contributed by atoms with E-state index in [-0.39, 0.29) is 48.3 Å². The Morgan fingerprint density at radius 3 is 1.20 bits per heavy atom. The topological polar surface area (TPSA) is 92.3 Å². The smallest absolute Gasteiger partial charge is 0.251 e. The molecule has 5 aromatic rings. The van der Waals surface area contributed by atoms with Crippen molar-refractivity contribution in [1.82, 2.24) is 10.6 Å². The molecule has 0 radical (unpaired) electrons. The normalized spacial score (nSPS) is 14.7. The summed E-state index contributed by atoms with van der Waals surface area (Å²) in [6.07, 6.45) is 8.86. The van der Waals surface area contributed by atoms with Crippen LogP contribution < -0.4 is 10.6 Å². The average Bonchev–Trinajstić information content (AvgIpc) is 3.38. The maximum absolute atomic E-state index is 14.2. The molecule has 6 nitrogen and oxygen atoms in total. The maximum Gasteiger partial charge on any atom is 0.251 e. The van der Waals surface area contributed by atoms with Crippen molar-refractivity contribution >= 4 is 23.4 Å². The molecule has 2 amide bonds. The molecule has 51 heavy (non-hydrogen) atoms. The Bertz CT molecular complexity index is 1870. The number of nitrogens with one attached hydrogen (secondary N) is 2. The van der Waals surface area contributed by atoms with Crippen molar-refractivity contribution in [3.05, 3.63) is 203 Å². The summed E-state index contributed by atoms with van der Waals surface area (Å²) in [5.41, 5.74) is 2.65. The van der Waals surface area contributed by atoms with Crippen LogP contribution in [0.2, 0.25) is 0 Å². The first-order chi connectivity index (χ1) is 24.9. The number of fused-ring (bicyclic) bond motifs is 1. The van der Waals surface area contributed by atoms with Crippen LogP contribution in [0.1, 0.15) is 65.4 Å². The van der Waals surface area contributed by atoms with Gasteiger partial charge in [0.25, 0.3) is 11.8 Å². The summed E-state index contributed by atoms with van der Waals surface area (Å²) in [5.74, 6) is -0.862. The van der Waals surface area contributed by atoms with E-state index in [0.717, 1.165) is 11.1 Å². The lowest BCUT2D eigenvalue weighted by Gasteiger charge is -2.24. The standard InChI is InChI=1S/C45H40N2O4/c48-41-39-27-13-14-28-40(39)42(49)45(41,29-15-25-37(31-33-17-5-1-6-18-33)46-43(50)35-21-9-3-10-22-35)30-16-26-38(32-34-19-7-2-8-20-34)47-44(51)36-23-11-4-12-24-36/h1-28,37-38H,29-32H2,(H,46,50)(H,47,51)/b25-15+,26-16+/t37-,38-/m1/s1. The van der Waals surface area contributed by atoms with Crippen LogP contribution >= 0.6 is 0 Å². The number of hydrogen-bond acceptors (Lipinski definition) is 4. The van der Waals surface area contributed by atoms with Gasteiger partial charge in [0.15, 0.2) is 11.6 Å². The third-order valence-corrected chi connectivity index (χ3v) is 9.26. The summed E-state index contributed by atoms with van der Waals surface area (Å²) in [4.78, 5) is 54.7. The summed E-state index contributed by atoms with van der Waals surface area (Å²) < 4.78 is 0. The van der Waals surface area contributed by atoms with E-state index in [2.05, 4.69) is 10.6 Å². The van der Waals surface area contributed by atoms with Crippen LogP contribution in [0, 0.1) is 5.41 Å². The lowest BCUT2D eigenvalue weighted by atomic mass is 9.76. The Morgan fingerprint density at radius 1 is 0.490 bits per heavy atom. The van der Waals surface area contributed by atoms with E-state index in [0.29, 0.717) is 35.1 Å². The molecule has 6 rings (SSSR count). The van der Waals surface area contributed by atoms with Gasteiger partial charge in [0.2, 0.25) is 0 Å². The van der Waals surface area contributed by atoms with E-state index < -0.39 is 5.41 Å². The van der Waals surface area contributed by atoms with E-state index in [1.54, 1.807) is 48.5 Å². The summed E-state index contributed by atoms with van der Waals surface area (Å²) in [6.45, 7) is 0. The number of ketones is 2. The highest BCUT2D eigenvalue weighted by atomic mass is 16.2. The molecule has 0 aromatic heterocycles. The zero-order chi connectivity index (χ0) is 35.5. The number of Topliss-reactive ketones (excluding diaryl/α,β-unsaturated/α-hetero) is 2. The SMILES string of the molecule is O=C(N[C@H](/C=C/CC1(C/C=C/[C@H](Cc2ccccc2)NC(=O)c2ccccc2)C(=O)c2ccccc2C1=O)Cc1ccccc1)c1ccccc1. The van der Waals surface area contributed by atoms with Crippen molar-refractivity contribution in [2.45, 2.75) is 37.8 Å². The van der Waals surface area contributed by atoms with E-state index in [9.17, 15) is 19.2 Å². The second-order valence-electron chi connectivity index (χ2n) is 12.8. The Balaban J connectivity index is 1.26. The molecule has 2 atom stereocenters. The first-order valence-corrected chi connectivity index (χ1v) is 17.2. The number of hydrogen-bond donors (Lipinski definition) is 2. The van der Waals surface area contributed by atoms with Gasteiger partial charge in [0.1, 0.15) is 5.41 Å². The maximum atomic E-state index is 14.2. The molecule has 0 bridgehead atoms. The van der Waals surface area contributed by atoms with Crippen LogP contribution in [0.5, 0.6) is 0 Å². The number of allylic oxidation sites excluding steroid dienone is 2. The van der Waals surface area contributed by atoms with Crippen LogP contribution in [0.3, 0.4) is 0 Å². The molecule has 0 heterocycles. The van der Waals surface area contributed by atoms with Crippen molar-refractivity contribution in [1.29, 1.82) is 0 Å². The second-order valence-corrected chi connectivity index (χ2v) is 12.8. The third kappa shape index (κ3) is 8.54.